The van der Waals surface area contributed by atoms with Gasteiger partial charge in [0.1, 0.15) is 5.75 Å². The van der Waals surface area contributed by atoms with Gasteiger partial charge in [0.15, 0.2) is 0 Å². The predicted molar refractivity (Wildman–Crippen MR) is 119 cm³/mol. The Labute approximate surface area is 179 Å². The lowest BCUT2D eigenvalue weighted by Gasteiger charge is -2.24. The number of ether oxygens (including phenoxy) is 1. The maximum atomic E-state index is 12.4. The number of fused-ring (bicyclic) bond motifs is 1. The molecule has 0 bridgehead atoms. The Morgan fingerprint density at radius 3 is 2.63 bits per heavy atom. The number of hydrogen-bond donors (Lipinski definition) is 1. The van der Waals surface area contributed by atoms with Crippen LogP contribution in [0.4, 0.5) is 5.69 Å². The number of benzene rings is 2. The Kier molecular flexibility index (Phi) is 7.02. The van der Waals surface area contributed by atoms with E-state index < -0.39 is 10.0 Å². The summed E-state index contributed by atoms with van der Waals surface area (Å²) < 4.78 is 31.2. The minimum atomic E-state index is -3.50. The van der Waals surface area contributed by atoms with Crippen LogP contribution in [0.1, 0.15) is 48.9 Å². The number of para-hydroxylation sites is 2. The third kappa shape index (κ3) is 5.33. The first-order valence-corrected chi connectivity index (χ1v) is 12.2. The molecular formula is C23H30N2O4S. The SMILES string of the molecule is COc1ccccc1N(CCCC(=O)N[C@@H](C)c1ccc2c(c1)CCC2)S(C)(=O)=O. The van der Waals surface area contributed by atoms with Crippen molar-refractivity contribution < 1.29 is 17.9 Å². The van der Waals surface area contributed by atoms with Gasteiger partial charge in [-0.3, -0.25) is 9.10 Å². The van der Waals surface area contributed by atoms with E-state index in [-0.39, 0.29) is 24.9 Å². The molecule has 1 aliphatic carbocycles. The van der Waals surface area contributed by atoms with Gasteiger partial charge in [0.25, 0.3) is 0 Å². The summed E-state index contributed by atoms with van der Waals surface area (Å²) in [5.41, 5.74) is 4.38. The second-order valence-corrected chi connectivity index (χ2v) is 9.69. The number of aryl methyl sites for hydroxylation is 2. The zero-order valence-electron chi connectivity index (χ0n) is 17.8. The van der Waals surface area contributed by atoms with Crippen LogP contribution in [0, 0.1) is 0 Å². The van der Waals surface area contributed by atoms with Crippen LogP contribution in [-0.2, 0) is 27.7 Å². The van der Waals surface area contributed by atoms with Crippen LogP contribution in [0.25, 0.3) is 0 Å². The van der Waals surface area contributed by atoms with Crippen LogP contribution in [-0.4, -0.2) is 34.2 Å². The van der Waals surface area contributed by atoms with Gasteiger partial charge >= 0.3 is 0 Å². The van der Waals surface area contributed by atoms with Crippen molar-refractivity contribution >= 4 is 21.6 Å². The molecule has 2 aromatic carbocycles. The summed E-state index contributed by atoms with van der Waals surface area (Å²) in [4.78, 5) is 12.4. The molecule has 0 saturated carbocycles. The van der Waals surface area contributed by atoms with Crippen LogP contribution in [0.15, 0.2) is 42.5 Å². The van der Waals surface area contributed by atoms with Crippen molar-refractivity contribution in [3.05, 3.63) is 59.2 Å². The van der Waals surface area contributed by atoms with Crippen molar-refractivity contribution in [1.29, 1.82) is 0 Å². The maximum Gasteiger partial charge on any atom is 0.232 e. The average molecular weight is 431 g/mol. The van der Waals surface area contributed by atoms with Gasteiger partial charge in [-0.15, -0.1) is 0 Å². The number of anilines is 1. The number of rotatable bonds is 9. The molecule has 0 radical (unpaired) electrons. The van der Waals surface area contributed by atoms with Gasteiger partial charge in [-0.25, -0.2) is 8.42 Å². The van der Waals surface area contributed by atoms with E-state index in [1.54, 1.807) is 24.3 Å². The van der Waals surface area contributed by atoms with E-state index in [0.717, 1.165) is 24.7 Å². The lowest BCUT2D eigenvalue weighted by molar-refractivity contribution is -0.121. The minimum absolute atomic E-state index is 0.0800. The number of carbonyl (C=O) groups excluding carboxylic acids is 1. The minimum Gasteiger partial charge on any atom is -0.495 e. The molecule has 0 heterocycles. The van der Waals surface area contributed by atoms with E-state index in [1.165, 1.54) is 29.0 Å². The molecule has 6 nitrogen and oxygen atoms in total. The fourth-order valence-corrected chi connectivity index (χ4v) is 4.91. The molecule has 1 atom stereocenters. The zero-order valence-corrected chi connectivity index (χ0v) is 18.7. The molecule has 1 aliphatic rings. The summed E-state index contributed by atoms with van der Waals surface area (Å²) in [7, 11) is -1.99. The van der Waals surface area contributed by atoms with Crippen LogP contribution >= 0.6 is 0 Å². The monoisotopic (exact) mass is 430 g/mol. The van der Waals surface area contributed by atoms with Gasteiger partial charge in [0.05, 0.1) is 25.1 Å². The van der Waals surface area contributed by atoms with E-state index >= 15 is 0 Å². The van der Waals surface area contributed by atoms with Gasteiger partial charge in [0, 0.05) is 13.0 Å². The number of nitrogens with zero attached hydrogens (tertiary/aromatic N) is 1. The molecule has 0 saturated heterocycles. The Balaban J connectivity index is 1.58. The van der Waals surface area contributed by atoms with Gasteiger partial charge in [-0.2, -0.15) is 0 Å². The molecule has 1 N–H and O–H groups in total. The van der Waals surface area contributed by atoms with Gasteiger partial charge in [-0.05, 0) is 61.4 Å². The van der Waals surface area contributed by atoms with Crippen molar-refractivity contribution in [1.82, 2.24) is 5.32 Å². The Morgan fingerprint density at radius 1 is 1.17 bits per heavy atom. The number of amides is 1. The second kappa shape index (κ2) is 9.51. The van der Waals surface area contributed by atoms with E-state index in [9.17, 15) is 13.2 Å². The number of methoxy groups -OCH3 is 1. The van der Waals surface area contributed by atoms with Crippen molar-refractivity contribution in [3.8, 4) is 5.75 Å². The van der Waals surface area contributed by atoms with E-state index in [2.05, 4.69) is 23.5 Å². The highest BCUT2D eigenvalue weighted by Gasteiger charge is 2.21. The zero-order chi connectivity index (χ0) is 21.7. The molecule has 0 aliphatic heterocycles. The molecule has 7 heteroatoms. The molecule has 0 unspecified atom stereocenters. The van der Waals surface area contributed by atoms with Gasteiger partial charge in [-0.1, -0.05) is 30.3 Å². The predicted octanol–water partition coefficient (Wildman–Crippen LogP) is 3.61. The van der Waals surface area contributed by atoms with Gasteiger partial charge < -0.3 is 10.1 Å². The third-order valence-electron chi connectivity index (χ3n) is 5.52. The fraction of sp³-hybridized carbons (Fsp3) is 0.435. The molecule has 3 rings (SSSR count). The molecule has 0 fully saturated rings. The topological polar surface area (TPSA) is 75.7 Å². The van der Waals surface area contributed by atoms with Crippen molar-refractivity contribution in [2.75, 3.05) is 24.2 Å². The smallest absolute Gasteiger partial charge is 0.232 e. The molecule has 2 aromatic rings. The summed E-state index contributed by atoms with van der Waals surface area (Å²) in [6.07, 6.45) is 5.26. The number of sulfonamides is 1. The molecular weight excluding hydrogens is 400 g/mol. The third-order valence-corrected chi connectivity index (χ3v) is 6.70. The summed E-state index contributed by atoms with van der Waals surface area (Å²) in [5.74, 6) is 0.397. The summed E-state index contributed by atoms with van der Waals surface area (Å²) in [6, 6.07) is 13.3. The average Bonchev–Trinajstić information content (AvgIpc) is 3.18. The highest BCUT2D eigenvalue weighted by Crippen LogP contribution is 2.30. The van der Waals surface area contributed by atoms with Crippen LogP contribution in [0.5, 0.6) is 5.75 Å². The van der Waals surface area contributed by atoms with Crippen LogP contribution in [0.3, 0.4) is 0 Å². The van der Waals surface area contributed by atoms with Crippen LogP contribution in [0.2, 0.25) is 0 Å². The largest absolute Gasteiger partial charge is 0.495 e. The van der Waals surface area contributed by atoms with Crippen LogP contribution < -0.4 is 14.4 Å². The summed E-state index contributed by atoms with van der Waals surface area (Å²) in [5, 5.41) is 3.03. The highest BCUT2D eigenvalue weighted by molar-refractivity contribution is 7.92. The second-order valence-electron chi connectivity index (χ2n) is 7.78. The quantitative estimate of drug-likeness (QED) is 0.659. The van der Waals surface area contributed by atoms with E-state index in [4.69, 9.17) is 4.74 Å². The lowest BCUT2D eigenvalue weighted by Crippen LogP contribution is -2.32. The van der Waals surface area contributed by atoms with E-state index in [1.807, 2.05) is 6.92 Å². The molecule has 30 heavy (non-hydrogen) atoms. The fourth-order valence-electron chi connectivity index (χ4n) is 3.94. The molecule has 1 amide bonds. The maximum absolute atomic E-state index is 12.4. The van der Waals surface area contributed by atoms with Crippen molar-refractivity contribution in [3.63, 3.8) is 0 Å². The molecule has 0 aromatic heterocycles. The first-order valence-electron chi connectivity index (χ1n) is 10.3. The molecule has 0 spiro atoms. The normalized spacial score (nSPS) is 14.1. The number of carbonyl (C=O) groups is 1. The van der Waals surface area contributed by atoms with Crippen molar-refractivity contribution in [2.45, 2.75) is 45.1 Å². The first kappa shape index (κ1) is 22.2. The van der Waals surface area contributed by atoms with Crippen molar-refractivity contribution in [2.24, 2.45) is 0 Å². The van der Waals surface area contributed by atoms with E-state index in [0.29, 0.717) is 17.9 Å². The Bertz CT molecular complexity index is 1000. The Hall–Kier alpha value is -2.54. The van der Waals surface area contributed by atoms with Gasteiger partial charge in [0.2, 0.25) is 15.9 Å². The standard InChI is InChI=1S/C23H30N2O4S/c1-17(19-14-13-18-8-6-9-20(18)16-19)24-23(26)12-7-15-25(30(3,27)28)21-10-4-5-11-22(21)29-2/h4-5,10-11,13-14,16-17H,6-9,12,15H2,1-3H3,(H,24,26)/t17-/m0/s1. The lowest BCUT2D eigenvalue weighted by atomic mass is 10.0. The number of nitrogens with one attached hydrogen (secondary N) is 1. The molecule has 162 valence electrons. The number of hydrogen-bond acceptors (Lipinski definition) is 4. The summed E-state index contributed by atoms with van der Waals surface area (Å²) >= 11 is 0. The Morgan fingerprint density at radius 2 is 1.90 bits per heavy atom. The summed E-state index contributed by atoms with van der Waals surface area (Å²) in [6.45, 7) is 2.19. The first-order chi connectivity index (χ1) is 14.3. The highest BCUT2D eigenvalue weighted by atomic mass is 32.2.